The van der Waals surface area contributed by atoms with E-state index in [-0.39, 0.29) is 11.5 Å². The zero-order valence-corrected chi connectivity index (χ0v) is 10.4. The number of aromatic hydroxyl groups is 2. The Balaban J connectivity index is 2.03. The molecule has 0 aromatic heterocycles. The van der Waals surface area contributed by atoms with Crippen molar-refractivity contribution < 1.29 is 10.2 Å². The highest BCUT2D eigenvalue weighted by molar-refractivity contribution is 5.87. The second-order valence-corrected chi connectivity index (χ2v) is 4.67. The molecule has 0 saturated heterocycles. The Morgan fingerprint density at radius 3 is 2.26 bits per heavy atom. The Hall–Kier alpha value is -2.48. The summed E-state index contributed by atoms with van der Waals surface area (Å²) >= 11 is 0. The predicted octanol–water partition coefficient (Wildman–Crippen LogP) is 3.84. The van der Waals surface area contributed by atoms with Crippen molar-refractivity contribution in [3.05, 3.63) is 71.8 Å². The Morgan fingerprint density at radius 1 is 0.737 bits per heavy atom. The van der Waals surface area contributed by atoms with Crippen molar-refractivity contribution in [1.82, 2.24) is 0 Å². The van der Waals surface area contributed by atoms with Crippen LogP contribution >= 0.6 is 0 Å². The first kappa shape index (κ1) is 11.6. The van der Waals surface area contributed by atoms with Crippen LogP contribution in [-0.2, 0) is 6.42 Å². The van der Waals surface area contributed by atoms with Crippen LogP contribution in [0.5, 0.6) is 11.5 Å². The van der Waals surface area contributed by atoms with Gasteiger partial charge in [0.25, 0.3) is 0 Å². The van der Waals surface area contributed by atoms with E-state index in [2.05, 4.69) is 6.07 Å². The third-order valence-electron chi connectivity index (χ3n) is 3.29. The van der Waals surface area contributed by atoms with Crippen LogP contribution in [0.2, 0.25) is 0 Å². The van der Waals surface area contributed by atoms with Crippen LogP contribution in [0.1, 0.15) is 11.1 Å². The zero-order chi connectivity index (χ0) is 13.2. The fraction of sp³-hybridized carbons (Fsp3) is 0.0588. The van der Waals surface area contributed by atoms with Gasteiger partial charge in [-0.15, -0.1) is 0 Å². The van der Waals surface area contributed by atoms with Gasteiger partial charge in [-0.2, -0.15) is 0 Å². The molecule has 0 radical (unpaired) electrons. The number of hydrogen-bond acceptors (Lipinski definition) is 2. The molecule has 0 bridgehead atoms. The highest BCUT2D eigenvalue weighted by atomic mass is 16.3. The van der Waals surface area contributed by atoms with E-state index in [0.29, 0.717) is 0 Å². The lowest BCUT2D eigenvalue weighted by molar-refractivity contribution is 0.475. The van der Waals surface area contributed by atoms with Crippen LogP contribution in [0.4, 0.5) is 0 Å². The average Bonchev–Trinajstić information content (AvgIpc) is 2.41. The van der Waals surface area contributed by atoms with Crippen LogP contribution in [-0.4, -0.2) is 10.2 Å². The Labute approximate surface area is 111 Å². The third-order valence-corrected chi connectivity index (χ3v) is 3.29. The minimum Gasteiger partial charge on any atom is -0.508 e. The van der Waals surface area contributed by atoms with Gasteiger partial charge in [0.2, 0.25) is 0 Å². The fourth-order valence-corrected chi connectivity index (χ4v) is 2.33. The van der Waals surface area contributed by atoms with Gasteiger partial charge in [0.1, 0.15) is 11.5 Å². The normalized spacial score (nSPS) is 10.7. The van der Waals surface area contributed by atoms with Gasteiger partial charge in [0.15, 0.2) is 0 Å². The number of phenolic OH excluding ortho intramolecular Hbond substituents is 2. The Morgan fingerprint density at radius 2 is 1.47 bits per heavy atom. The first-order valence-electron chi connectivity index (χ1n) is 6.21. The summed E-state index contributed by atoms with van der Waals surface area (Å²) in [5, 5.41) is 21.0. The molecule has 0 aliphatic rings. The van der Waals surface area contributed by atoms with E-state index in [1.54, 1.807) is 24.3 Å². The van der Waals surface area contributed by atoms with Gasteiger partial charge >= 0.3 is 0 Å². The van der Waals surface area contributed by atoms with Gasteiger partial charge in [0.05, 0.1) is 0 Å². The molecule has 0 amide bonds. The minimum absolute atomic E-state index is 0.284. The van der Waals surface area contributed by atoms with Crippen molar-refractivity contribution in [1.29, 1.82) is 0 Å². The summed E-state index contributed by atoms with van der Waals surface area (Å²) in [5.74, 6) is 0.570. The van der Waals surface area contributed by atoms with Gasteiger partial charge in [-0.05, 0) is 52.6 Å². The van der Waals surface area contributed by atoms with Gasteiger partial charge < -0.3 is 10.2 Å². The lowest BCUT2D eigenvalue weighted by Crippen LogP contribution is -1.89. The summed E-state index contributed by atoms with van der Waals surface area (Å²) in [6.07, 6.45) is 0.808. The quantitative estimate of drug-likeness (QED) is 0.725. The molecule has 3 aromatic carbocycles. The van der Waals surface area contributed by atoms with Gasteiger partial charge in [0, 0.05) is 0 Å². The summed E-state index contributed by atoms with van der Waals surface area (Å²) in [6.45, 7) is 0. The molecule has 0 heterocycles. The van der Waals surface area contributed by atoms with Gasteiger partial charge in [-0.3, -0.25) is 0 Å². The summed E-state index contributed by atoms with van der Waals surface area (Å²) in [7, 11) is 0. The van der Waals surface area contributed by atoms with E-state index in [1.165, 1.54) is 5.56 Å². The molecule has 2 N–H and O–H groups in total. The highest BCUT2D eigenvalue weighted by Gasteiger charge is 2.03. The molecule has 0 aliphatic heterocycles. The van der Waals surface area contributed by atoms with E-state index in [9.17, 15) is 10.2 Å². The molecule has 0 spiro atoms. The molecule has 94 valence electrons. The molecule has 19 heavy (non-hydrogen) atoms. The third kappa shape index (κ3) is 2.38. The standard InChI is InChI=1S/C17H14O2/c18-15-6-4-12(5-7-15)10-13-2-1-3-14-11-16(19)8-9-17(13)14/h1-9,11,18-19H,10H2. The van der Waals surface area contributed by atoms with Gasteiger partial charge in [-0.1, -0.05) is 36.4 Å². The van der Waals surface area contributed by atoms with Crippen molar-refractivity contribution in [2.24, 2.45) is 0 Å². The fourth-order valence-electron chi connectivity index (χ4n) is 2.33. The van der Waals surface area contributed by atoms with Crippen LogP contribution in [0.15, 0.2) is 60.7 Å². The molecular formula is C17H14O2. The average molecular weight is 250 g/mol. The molecule has 0 fully saturated rings. The maximum atomic E-state index is 9.51. The summed E-state index contributed by atoms with van der Waals surface area (Å²) in [6, 6.07) is 18.8. The van der Waals surface area contributed by atoms with Crippen LogP contribution in [0, 0.1) is 0 Å². The molecule has 3 rings (SSSR count). The second kappa shape index (κ2) is 4.65. The van der Waals surface area contributed by atoms with Crippen LogP contribution < -0.4 is 0 Å². The second-order valence-electron chi connectivity index (χ2n) is 4.67. The lowest BCUT2D eigenvalue weighted by Gasteiger charge is -2.07. The summed E-state index contributed by atoms with van der Waals surface area (Å²) < 4.78 is 0. The lowest BCUT2D eigenvalue weighted by atomic mass is 9.98. The van der Waals surface area contributed by atoms with Gasteiger partial charge in [-0.25, -0.2) is 0 Å². The minimum atomic E-state index is 0.284. The molecule has 2 nitrogen and oxygen atoms in total. The van der Waals surface area contributed by atoms with Crippen molar-refractivity contribution in [3.8, 4) is 11.5 Å². The number of hydrogen-bond donors (Lipinski definition) is 2. The largest absolute Gasteiger partial charge is 0.508 e. The Bertz CT molecular complexity index is 715. The van der Waals surface area contributed by atoms with E-state index < -0.39 is 0 Å². The zero-order valence-electron chi connectivity index (χ0n) is 10.4. The van der Waals surface area contributed by atoms with Crippen molar-refractivity contribution >= 4 is 10.8 Å². The van der Waals surface area contributed by atoms with Crippen molar-refractivity contribution in [2.75, 3.05) is 0 Å². The maximum Gasteiger partial charge on any atom is 0.116 e. The molecule has 2 heteroatoms. The first-order valence-corrected chi connectivity index (χ1v) is 6.21. The van der Waals surface area contributed by atoms with Crippen molar-refractivity contribution in [3.63, 3.8) is 0 Å². The predicted molar refractivity (Wildman–Crippen MR) is 76.5 cm³/mol. The first-order chi connectivity index (χ1) is 9.22. The SMILES string of the molecule is Oc1ccc(Cc2cccc3cc(O)ccc23)cc1. The van der Waals surface area contributed by atoms with E-state index in [4.69, 9.17) is 0 Å². The number of benzene rings is 3. The smallest absolute Gasteiger partial charge is 0.116 e. The molecule has 0 atom stereocenters. The van der Waals surface area contributed by atoms with Crippen LogP contribution in [0.3, 0.4) is 0 Å². The highest BCUT2D eigenvalue weighted by Crippen LogP contribution is 2.25. The monoisotopic (exact) mass is 250 g/mol. The topological polar surface area (TPSA) is 40.5 Å². The van der Waals surface area contributed by atoms with E-state index >= 15 is 0 Å². The van der Waals surface area contributed by atoms with E-state index in [1.807, 2.05) is 30.3 Å². The molecular weight excluding hydrogens is 236 g/mol. The van der Waals surface area contributed by atoms with Crippen molar-refractivity contribution in [2.45, 2.75) is 6.42 Å². The number of fused-ring (bicyclic) bond motifs is 1. The molecule has 0 unspecified atom stereocenters. The maximum absolute atomic E-state index is 9.51. The number of rotatable bonds is 2. The van der Waals surface area contributed by atoms with Crippen LogP contribution in [0.25, 0.3) is 10.8 Å². The molecule has 0 saturated carbocycles. The Kier molecular flexibility index (Phi) is 2.84. The summed E-state index contributed by atoms with van der Waals surface area (Å²) in [5.41, 5.74) is 2.36. The molecule has 3 aromatic rings. The van der Waals surface area contributed by atoms with E-state index in [0.717, 1.165) is 22.8 Å². The summed E-state index contributed by atoms with van der Waals surface area (Å²) in [4.78, 5) is 0. The molecule has 0 aliphatic carbocycles. The number of phenols is 2.